The van der Waals surface area contributed by atoms with Crippen LogP contribution in [0.4, 0.5) is 4.79 Å². The van der Waals surface area contributed by atoms with Gasteiger partial charge in [-0.1, -0.05) is 0 Å². The first-order chi connectivity index (χ1) is 9.60. The van der Waals surface area contributed by atoms with Gasteiger partial charge < -0.3 is 19.4 Å². The minimum Gasteiger partial charge on any atom is -0.450 e. The molecule has 0 aromatic carbocycles. The number of piperidine rings is 1. The van der Waals surface area contributed by atoms with E-state index in [2.05, 4.69) is 21.2 Å². The Hall–Kier alpha value is -1.50. The van der Waals surface area contributed by atoms with Crippen LogP contribution in [-0.4, -0.2) is 42.6 Å². The molecule has 20 heavy (non-hydrogen) atoms. The van der Waals surface area contributed by atoms with E-state index in [-0.39, 0.29) is 11.9 Å². The summed E-state index contributed by atoms with van der Waals surface area (Å²) < 4.78 is 10.6. The number of amides is 2. The molecule has 1 fully saturated rings. The van der Waals surface area contributed by atoms with E-state index >= 15 is 0 Å². The lowest BCUT2D eigenvalue weighted by atomic mass is 10.1. The lowest BCUT2D eigenvalue weighted by molar-refractivity contribution is 0.0669. The van der Waals surface area contributed by atoms with E-state index in [4.69, 9.17) is 9.15 Å². The van der Waals surface area contributed by atoms with E-state index in [1.807, 2.05) is 0 Å². The fraction of sp³-hybridized carbons (Fsp3) is 0.538. The summed E-state index contributed by atoms with van der Waals surface area (Å²) in [5, 5.41) is 2.79. The van der Waals surface area contributed by atoms with Gasteiger partial charge in [0.2, 0.25) is 0 Å². The normalized spacial score (nSPS) is 16.0. The average Bonchev–Trinajstić information content (AvgIpc) is 2.86. The lowest BCUT2D eigenvalue weighted by Gasteiger charge is -2.31. The van der Waals surface area contributed by atoms with Gasteiger partial charge >= 0.3 is 6.09 Å². The number of ether oxygens (including phenoxy) is 1. The summed E-state index contributed by atoms with van der Waals surface area (Å²) >= 11 is 3.18. The fourth-order valence-corrected chi connectivity index (χ4v) is 2.46. The third kappa shape index (κ3) is 3.75. The minimum atomic E-state index is -0.396. The highest BCUT2D eigenvalue weighted by molar-refractivity contribution is 9.10. The second-order valence-electron chi connectivity index (χ2n) is 4.54. The molecule has 1 aliphatic heterocycles. The van der Waals surface area contributed by atoms with Gasteiger partial charge in [0.25, 0.3) is 5.91 Å². The second kappa shape index (κ2) is 6.78. The van der Waals surface area contributed by atoms with Crippen LogP contribution in [0.2, 0.25) is 0 Å². The van der Waals surface area contributed by atoms with Gasteiger partial charge in [-0.25, -0.2) is 4.79 Å². The number of carbonyl (C=O) groups is 2. The Kier molecular flexibility index (Phi) is 5.05. The van der Waals surface area contributed by atoms with Crippen molar-refractivity contribution in [3.05, 3.63) is 22.6 Å². The maximum atomic E-state index is 12.1. The molecule has 0 aliphatic carbocycles. The van der Waals surface area contributed by atoms with Gasteiger partial charge in [0.15, 0.2) is 10.4 Å². The van der Waals surface area contributed by atoms with E-state index in [0.29, 0.717) is 43.0 Å². The van der Waals surface area contributed by atoms with Crippen molar-refractivity contribution in [1.82, 2.24) is 10.2 Å². The van der Waals surface area contributed by atoms with Crippen molar-refractivity contribution in [2.24, 2.45) is 0 Å². The molecule has 0 bridgehead atoms. The molecule has 1 aromatic rings. The number of nitrogens with one attached hydrogen (secondary N) is 1. The first-order valence-electron chi connectivity index (χ1n) is 6.58. The van der Waals surface area contributed by atoms with Gasteiger partial charge in [-0.3, -0.25) is 4.79 Å². The molecule has 2 amide bonds. The molecule has 2 heterocycles. The zero-order valence-electron chi connectivity index (χ0n) is 11.2. The zero-order chi connectivity index (χ0) is 14.5. The van der Waals surface area contributed by atoms with Gasteiger partial charge in [-0.2, -0.15) is 0 Å². The summed E-state index contributed by atoms with van der Waals surface area (Å²) in [5.74, 6) is 0.207. The SMILES string of the molecule is CCOC(=O)NC1CCN(C(=O)c2ccc(Br)o2)CC1. The van der Waals surface area contributed by atoms with Gasteiger partial charge in [-0.05, 0) is 47.8 Å². The van der Waals surface area contributed by atoms with Crippen molar-refractivity contribution in [3.63, 3.8) is 0 Å². The number of hydrogen-bond acceptors (Lipinski definition) is 4. The molecule has 1 aromatic heterocycles. The second-order valence-corrected chi connectivity index (χ2v) is 5.32. The number of furan rings is 1. The van der Waals surface area contributed by atoms with E-state index < -0.39 is 6.09 Å². The summed E-state index contributed by atoms with van der Waals surface area (Å²) in [6.07, 6.45) is 1.03. The smallest absolute Gasteiger partial charge is 0.407 e. The van der Waals surface area contributed by atoms with Crippen molar-refractivity contribution in [2.75, 3.05) is 19.7 Å². The summed E-state index contributed by atoms with van der Waals surface area (Å²) in [6, 6.07) is 3.40. The number of alkyl carbamates (subject to hydrolysis) is 1. The van der Waals surface area contributed by atoms with Crippen molar-refractivity contribution < 1.29 is 18.7 Å². The summed E-state index contributed by atoms with van der Waals surface area (Å²) in [6.45, 7) is 3.31. The number of likely N-dealkylation sites (tertiary alicyclic amines) is 1. The molecule has 2 rings (SSSR count). The predicted molar refractivity (Wildman–Crippen MR) is 75.5 cm³/mol. The maximum Gasteiger partial charge on any atom is 0.407 e. The Morgan fingerprint density at radius 1 is 1.45 bits per heavy atom. The molecule has 0 unspecified atom stereocenters. The molecule has 7 heteroatoms. The Morgan fingerprint density at radius 3 is 2.70 bits per heavy atom. The quantitative estimate of drug-likeness (QED) is 0.913. The van der Waals surface area contributed by atoms with Gasteiger partial charge in [0.1, 0.15) is 0 Å². The molecule has 0 spiro atoms. The molecule has 0 saturated carbocycles. The minimum absolute atomic E-state index is 0.0569. The number of nitrogens with zero attached hydrogens (tertiary/aromatic N) is 1. The van der Waals surface area contributed by atoms with Crippen molar-refractivity contribution in [1.29, 1.82) is 0 Å². The lowest BCUT2D eigenvalue weighted by Crippen LogP contribution is -2.46. The van der Waals surface area contributed by atoms with Crippen LogP contribution in [0.15, 0.2) is 21.2 Å². The number of halogens is 1. The molecule has 1 N–H and O–H groups in total. The largest absolute Gasteiger partial charge is 0.450 e. The number of carbonyl (C=O) groups excluding carboxylic acids is 2. The molecule has 1 aliphatic rings. The molecule has 1 saturated heterocycles. The molecule has 6 nitrogen and oxygen atoms in total. The molecular weight excluding hydrogens is 328 g/mol. The maximum absolute atomic E-state index is 12.1. The van der Waals surface area contributed by atoms with Crippen molar-refractivity contribution in [3.8, 4) is 0 Å². The first-order valence-corrected chi connectivity index (χ1v) is 7.37. The number of hydrogen-bond donors (Lipinski definition) is 1. The summed E-state index contributed by atoms with van der Waals surface area (Å²) in [7, 11) is 0. The highest BCUT2D eigenvalue weighted by atomic mass is 79.9. The van der Waals surface area contributed by atoms with Crippen LogP contribution in [0.5, 0.6) is 0 Å². The molecule has 0 atom stereocenters. The Morgan fingerprint density at radius 2 is 2.15 bits per heavy atom. The molecule has 0 radical (unpaired) electrons. The zero-order valence-corrected chi connectivity index (χ0v) is 12.8. The van der Waals surface area contributed by atoms with Crippen molar-refractivity contribution in [2.45, 2.75) is 25.8 Å². The fourth-order valence-electron chi connectivity index (χ4n) is 2.15. The molecule has 110 valence electrons. The van der Waals surface area contributed by atoms with E-state index in [1.54, 1.807) is 24.0 Å². The predicted octanol–water partition coefficient (Wildman–Crippen LogP) is 2.39. The summed E-state index contributed by atoms with van der Waals surface area (Å²) in [4.78, 5) is 25.2. The number of rotatable bonds is 3. The van der Waals surface area contributed by atoms with Crippen LogP contribution in [0.25, 0.3) is 0 Å². The van der Waals surface area contributed by atoms with E-state index in [0.717, 1.165) is 0 Å². The first kappa shape index (κ1) is 14.9. The third-order valence-electron chi connectivity index (χ3n) is 3.16. The standard InChI is InChI=1S/C13H17BrN2O4/c1-2-19-13(18)15-9-5-7-16(8-6-9)12(17)10-3-4-11(14)20-10/h3-4,9H,2,5-8H2,1H3,(H,15,18). The Labute approximate surface area is 125 Å². The highest BCUT2D eigenvalue weighted by Gasteiger charge is 2.26. The average molecular weight is 345 g/mol. The van der Waals surface area contributed by atoms with Crippen molar-refractivity contribution >= 4 is 27.9 Å². The topological polar surface area (TPSA) is 71.8 Å². The van der Waals surface area contributed by atoms with Crippen LogP contribution in [0.3, 0.4) is 0 Å². The molecular formula is C13H17BrN2O4. The van der Waals surface area contributed by atoms with Gasteiger partial charge in [0.05, 0.1) is 6.61 Å². The third-order valence-corrected chi connectivity index (χ3v) is 3.59. The van der Waals surface area contributed by atoms with Gasteiger partial charge in [-0.15, -0.1) is 0 Å². The van der Waals surface area contributed by atoms with Crippen LogP contribution < -0.4 is 5.32 Å². The van der Waals surface area contributed by atoms with Crippen LogP contribution >= 0.6 is 15.9 Å². The van der Waals surface area contributed by atoms with Gasteiger partial charge in [0, 0.05) is 19.1 Å². The van der Waals surface area contributed by atoms with Crippen LogP contribution in [0.1, 0.15) is 30.3 Å². The monoisotopic (exact) mass is 344 g/mol. The van der Waals surface area contributed by atoms with Crippen LogP contribution in [0, 0.1) is 0 Å². The Balaban J connectivity index is 1.82. The highest BCUT2D eigenvalue weighted by Crippen LogP contribution is 2.18. The summed E-state index contributed by atoms with van der Waals surface area (Å²) in [5.41, 5.74) is 0. The van der Waals surface area contributed by atoms with E-state index in [1.165, 1.54) is 0 Å². The Bertz CT molecular complexity index is 480. The van der Waals surface area contributed by atoms with E-state index in [9.17, 15) is 9.59 Å². The van der Waals surface area contributed by atoms with Crippen LogP contribution in [-0.2, 0) is 4.74 Å².